The molecule has 1 aromatic heterocycles. The third kappa shape index (κ3) is 4.05. The number of nitrogens with one attached hydrogen (secondary N) is 1. The van der Waals surface area contributed by atoms with Gasteiger partial charge >= 0.3 is 0 Å². The predicted octanol–water partition coefficient (Wildman–Crippen LogP) is 4.30. The molecule has 1 aromatic carbocycles. The fourth-order valence-corrected chi connectivity index (χ4v) is 2.27. The molecule has 0 amide bonds. The van der Waals surface area contributed by atoms with E-state index in [0.29, 0.717) is 0 Å². The number of aromatic nitrogens is 1. The summed E-state index contributed by atoms with van der Waals surface area (Å²) in [6.07, 6.45) is 4.72. The van der Waals surface area contributed by atoms with Gasteiger partial charge in [-0.25, -0.2) is 0 Å². The molecule has 3 nitrogen and oxygen atoms in total. The molecule has 3 heteroatoms. The van der Waals surface area contributed by atoms with Crippen molar-refractivity contribution in [2.24, 2.45) is 0 Å². The molecule has 0 radical (unpaired) electrons. The molecule has 1 N–H and O–H groups in total. The maximum atomic E-state index is 6.13. The lowest BCUT2D eigenvalue weighted by Gasteiger charge is -2.15. The van der Waals surface area contributed by atoms with Gasteiger partial charge < -0.3 is 10.1 Å². The van der Waals surface area contributed by atoms with E-state index in [2.05, 4.69) is 50.1 Å². The molecule has 2 rings (SSSR count). The summed E-state index contributed by atoms with van der Waals surface area (Å²) in [5.74, 6) is 1.74. The minimum Gasteiger partial charge on any atom is -0.455 e. The maximum Gasteiger partial charge on any atom is 0.150 e. The highest BCUT2D eigenvalue weighted by Gasteiger charge is 2.09. The van der Waals surface area contributed by atoms with E-state index in [1.54, 1.807) is 6.20 Å². The van der Waals surface area contributed by atoms with Crippen LogP contribution in [0.4, 0.5) is 0 Å². The standard InChI is InChI=1S/C18H24N2O/c1-5-7-19-11-16-6-8-20-12-18(16)21-17-10-13(2)9-14(3)15(17)4/h6,8-10,12,19H,5,7,11H2,1-4H3. The van der Waals surface area contributed by atoms with E-state index in [4.69, 9.17) is 4.74 Å². The average Bonchev–Trinajstić information content (AvgIpc) is 2.46. The monoisotopic (exact) mass is 284 g/mol. The van der Waals surface area contributed by atoms with Gasteiger partial charge in [0.15, 0.2) is 0 Å². The van der Waals surface area contributed by atoms with E-state index >= 15 is 0 Å². The van der Waals surface area contributed by atoms with Crippen molar-refractivity contribution in [3.8, 4) is 11.5 Å². The van der Waals surface area contributed by atoms with Gasteiger partial charge in [-0.15, -0.1) is 0 Å². The van der Waals surface area contributed by atoms with Gasteiger partial charge in [0.05, 0.1) is 6.20 Å². The summed E-state index contributed by atoms with van der Waals surface area (Å²) in [6.45, 7) is 10.3. The normalized spacial score (nSPS) is 10.7. The predicted molar refractivity (Wildman–Crippen MR) is 87.0 cm³/mol. The van der Waals surface area contributed by atoms with Crippen LogP contribution in [0.25, 0.3) is 0 Å². The highest BCUT2D eigenvalue weighted by Crippen LogP contribution is 2.30. The summed E-state index contributed by atoms with van der Waals surface area (Å²) in [5.41, 5.74) is 4.77. The molecule has 21 heavy (non-hydrogen) atoms. The Labute approximate surface area is 127 Å². The molecule has 0 bridgehead atoms. The molecule has 0 aliphatic carbocycles. The van der Waals surface area contributed by atoms with Crippen LogP contribution in [-0.4, -0.2) is 11.5 Å². The van der Waals surface area contributed by atoms with E-state index in [-0.39, 0.29) is 0 Å². The largest absolute Gasteiger partial charge is 0.455 e. The Morgan fingerprint density at radius 1 is 1.14 bits per heavy atom. The third-order valence-electron chi connectivity index (χ3n) is 3.60. The summed E-state index contributed by atoms with van der Waals surface area (Å²) in [6, 6.07) is 6.27. The van der Waals surface area contributed by atoms with Crippen LogP contribution < -0.4 is 10.1 Å². The van der Waals surface area contributed by atoms with Crippen LogP contribution in [0.1, 0.15) is 35.6 Å². The number of hydrogen-bond donors (Lipinski definition) is 1. The molecule has 0 saturated carbocycles. The Kier molecular flexibility index (Phi) is 5.34. The van der Waals surface area contributed by atoms with Crippen LogP contribution in [0.3, 0.4) is 0 Å². The van der Waals surface area contributed by atoms with Crippen LogP contribution in [0, 0.1) is 20.8 Å². The number of ether oxygens (including phenoxy) is 1. The number of rotatable bonds is 6. The van der Waals surface area contributed by atoms with Gasteiger partial charge in [0.25, 0.3) is 0 Å². The Balaban J connectivity index is 2.23. The summed E-state index contributed by atoms with van der Waals surface area (Å²) in [7, 11) is 0. The highest BCUT2D eigenvalue weighted by atomic mass is 16.5. The van der Waals surface area contributed by atoms with E-state index in [0.717, 1.165) is 36.6 Å². The number of pyridine rings is 1. The summed E-state index contributed by atoms with van der Waals surface area (Å²) < 4.78 is 6.13. The Morgan fingerprint density at radius 3 is 2.71 bits per heavy atom. The third-order valence-corrected chi connectivity index (χ3v) is 3.60. The lowest BCUT2D eigenvalue weighted by Crippen LogP contribution is -2.14. The summed E-state index contributed by atoms with van der Waals surface area (Å²) >= 11 is 0. The molecule has 2 aromatic rings. The zero-order chi connectivity index (χ0) is 15.2. The quantitative estimate of drug-likeness (QED) is 0.803. The number of nitrogens with zero attached hydrogens (tertiary/aromatic N) is 1. The molecule has 0 aliphatic heterocycles. The van der Waals surface area contributed by atoms with E-state index in [9.17, 15) is 0 Å². The molecule has 0 aliphatic rings. The number of aryl methyl sites for hydroxylation is 2. The first-order chi connectivity index (χ1) is 10.1. The van der Waals surface area contributed by atoms with Gasteiger partial charge in [0.2, 0.25) is 0 Å². The average molecular weight is 284 g/mol. The zero-order valence-corrected chi connectivity index (χ0v) is 13.4. The maximum absolute atomic E-state index is 6.13. The fourth-order valence-electron chi connectivity index (χ4n) is 2.27. The zero-order valence-electron chi connectivity index (χ0n) is 13.4. The first kappa shape index (κ1) is 15.5. The Hall–Kier alpha value is -1.87. The van der Waals surface area contributed by atoms with Gasteiger partial charge in [0, 0.05) is 18.3 Å². The van der Waals surface area contributed by atoms with Crippen molar-refractivity contribution < 1.29 is 4.74 Å². The molecule has 0 spiro atoms. The van der Waals surface area contributed by atoms with Crippen LogP contribution in [0.2, 0.25) is 0 Å². The highest BCUT2D eigenvalue weighted by molar-refractivity contribution is 5.45. The Morgan fingerprint density at radius 2 is 1.95 bits per heavy atom. The molecule has 0 saturated heterocycles. The van der Waals surface area contributed by atoms with Crippen molar-refractivity contribution in [3.63, 3.8) is 0 Å². The van der Waals surface area contributed by atoms with Crippen molar-refractivity contribution >= 4 is 0 Å². The minimum absolute atomic E-state index is 0.801. The molecule has 0 fully saturated rings. The van der Waals surface area contributed by atoms with Crippen molar-refractivity contribution in [2.75, 3.05) is 6.54 Å². The van der Waals surface area contributed by atoms with Gasteiger partial charge in [-0.1, -0.05) is 13.0 Å². The van der Waals surface area contributed by atoms with E-state index in [1.165, 1.54) is 16.7 Å². The van der Waals surface area contributed by atoms with E-state index < -0.39 is 0 Å². The molecule has 0 atom stereocenters. The Bertz CT molecular complexity index is 608. The van der Waals surface area contributed by atoms with Crippen molar-refractivity contribution in [1.29, 1.82) is 0 Å². The number of hydrogen-bond acceptors (Lipinski definition) is 3. The first-order valence-corrected chi connectivity index (χ1v) is 7.51. The lowest BCUT2D eigenvalue weighted by atomic mass is 10.1. The van der Waals surface area contributed by atoms with Crippen molar-refractivity contribution in [3.05, 3.63) is 52.8 Å². The SMILES string of the molecule is CCCNCc1ccncc1Oc1cc(C)cc(C)c1C. The van der Waals surface area contributed by atoms with Gasteiger partial charge in [-0.3, -0.25) is 4.98 Å². The van der Waals surface area contributed by atoms with Gasteiger partial charge in [0.1, 0.15) is 11.5 Å². The summed E-state index contributed by atoms with van der Waals surface area (Å²) in [5, 5.41) is 3.41. The smallest absolute Gasteiger partial charge is 0.150 e. The molecular weight excluding hydrogens is 260 g/mol. The molecular formula is C18H24N2O. The topological polar surface area (TPSA) is 34.2 Å². The minimum atomic E-state index is 0.801. The molecule has 1 heterocycles. The lowest BCUT2D eigenvalue weighted by molar-refractivity contribution is 0.466. The second kappa shape index (κ2) is 7.23. The van der Waals surface area contributed by atoms with Crippen LogP contribution in [0.15, 0.2) is 30.6 Å². The van der Waals surface area contributed by atoms with Crippen LogP contribution in [-0.2, 0) is 6.54 Å². The molecule has 112 valence electrons. The number of benzene rings is 1. The summed E-state index contributed by atoms with van der Waals surface area (Å²) in [4.78, 5) is 4.19. The van der Waals surface area contributed by atoms with Crippen molar-refractivity contribution in [2.45, 2.75) is 40.7 Å². The fraction of sp³-hybridized carbons (Fsp3) is 0.389. The van der Waals surface area contributed by atoms with E-state index in [1.807, 2.05) is 12.3 Å². The van der Waals surface area contributed by atoms with Crippen molar-refractivity contribution in [1.82, 2.24) is 10.3 Å². The first-order valence-electron chi connectivity index (χ1n) is 7.51. The van der Waals surface area contributed by atoms with Crippen LogP contribution >= 0.6 is 0 Å². The van der Waals surface area contributed by atoms with Gasteiger partial charge in [-0.05, 0) is 62.6 Å². The second-order valence-electron chi connectivity index (χ2n) is 5.47. The second-order valence-corrected chi connectivity index (χ2v) is 5.47. The molecule has 0 unspecified atom stereocenters. The van der Waals surface area contributed by atoms with Crippen LogP contribution in [0.5, 0.6) is 11.5 Å². The van der Waals surface area contributed by atoms with Gasteiger partial charge in [-0.2, -0.15) is 0 Å².